The highest BCUT2D eigenvalue weighted by Crippen LogP contribution is 2.24. The van der Waals surface area contributed by atoms with Gasteiger partial charge < -0.3 is 18.9 Å². The van der Waals surface area contributed by atoms with Gasteiger partial charge in [0.25, 0.3) is 5.69 Å². The molecule has 12 heteroatoms. The van der Waals surface area contributed by atoms with E-state index in [1.165, 1.54) is 19.1 Å². The summed E-state index contributed by atoms with van der Waals surface area (Å²) in [6.45, 7) is 1.20. The molecule has 0 N–H and O–H groups in total. The summed E-state index contributed by atoms with van der Waals surface area (Å²) in [6.07, 6.45) is -4.23. The fraction of sp³-hybridized carbons (Fsp3) is 0.438. The Kier molecular flexibility index (Phi) is 7.23. The highest BCUT2D eigenvalue weighted by Gasteiger charge is 2.37. The standard InChI is InChI=1S/C16H17NO11/c1-9(18)24-12-7-13(15(19)23-2)26-14(8-12)27-28-16(20)25-11-5-3-10(4-6-11)17(21)22/h3-6,12-14H,7-8H2,1-2H3/t12-,13-,14-/m0/s1. The Morgan fingerprint density at radius 1 is 1.18 bits per heavy atom. The fourth-order valence-electron chi connectivity index (χ4n) is 2.36. The maximum Gasteiger partial charge on any atom is 0.546 e. The van der Waals surface area contributed by atoms with E-state index in [2.05, 4.69) is 9.62 Å². The summed E-state index contributed by atoms with van der Waals surface area (Å²) in [5.41, 5.74) is -0.182. The zero-order valence-corrected chi connectivity index (χ0v) is 14.9. The molecule has 152 valence electrons. The molecule has 0 amide bonds. The minimum Gasteiger partial charge on any atom is -0.467 e. The summed E-state index contributed by atoms with van der Waals surface area (Å²) in [4.78, 5) is 53.7. The summed E-state index contributed by atoms with van der Waals surface area (Å²) in [5.74, 6) is -1.29. The second-order valence-corrected chi connectivity index (χ2v) is 5.56. The average Bonchev–Trinajstić information content (AvgIpc) is 2.65. The molecule has 0 aliphatic carbocycles. The van der Waals surface area contributed by atoms with Crippen LogP contribution in [0.1, 0.15) is 19.8 Å². The van der Waals surface area contributed by atoms with Gasteiger partial charge in [-0.05, 0) is 12.1 Å². The number of ether oxygens (including phenoxy) is 4. The minimum atomic E-state index is -1.28. The lowest BCUT2D eigenvalue weighted by Gasteiger charge is -2.31. The van der Waals surface area contributed by atoms with Crippen molar-refractivity contribution in [3.8, 4) is 5.75 Å². The second kappa shape index (κ2) is 9.62. The number of nitrogens with zero attached hydrogens (tertiary/aromatic N) is 1. The second-order valence-electron chi connectivity index (χ2n) is 5.56. The molecule has 3 atom stereocenters. The smallest absolute Gasteiger partial charge is 0.467 e. The van der Waals surface area contributed by atoms with E-state index < -0.39 is 41.5 Å². The van der Waals surface area contributed by atoms with Crippen molar-refractivity contribution < 1.29 is 48.0 Å². The van der Waals surface area contributed by atoms with Crippen LogP contribution in [0, 0.1) is 10.1 Å². The van der Waals surface area contributed by atoms with Crippen molar-refractivity contribution in [1.82, 2.24) is 0 Å². The molecule has 0 spiro atoms. The van der Waals surface area contributed by atoms with Crippen LogP contribution in [-0.4, -0.2) is 48.6 Å². The molecule has 2 rings (SSSR count). The number of nitro groups is 1. The number of rotatable bonds is 6. The van der Waals surface area contributed by atoms with Crippen molar-refractivity contribution in [2.24, 2.45) is 0 Å². The molecule has 1 fully saturated rings. The van der Waals surface area contributed by atoms with Crippen molar-refractivity contribution in [3.63, 3.8) is 0 Å². The van der Waals surface area contributed by atoms with Crippen molar-refractivity contribution in [2.75, 3.05) is 7.11 Å². The van der Waals surface area contributed by atoms with Gasteiger partial charge in [-0.2, -0.15) is 0 Å². The van der Waals surface area contributed by atoms with E-state index >= 15 is 0 Å². The number of non-ortho nitro benzene ring substituents is 1. The Morgan fingerprint density at radius 2 is 1.86 bits per heavy atom. The molecule has 0 aromatic heterocycles. The van der Waals surface area contributed by atoms with Gasteiger partial charge in [0.2, 0.25) is 6.29 Å². The van der Waals surface area contributed by atoms with Crippen LogP contribution in [0.25, 0.3) is 0 Å². The Bertz CT molecular complexity index is 733. The first kappa shape index (κ1) is 21.1. The third-order valence-electron chi connectivity index (χ3n) is 3.52. The van der Waals surface area contributed by atoms with Gasteiger partial charge in [-0.3, -0.25) is 19.8 Å². The molecule has 1 aromatic rings. The zero-order valence-electron chi connectivity index (χ0n) is 14.9. The molecular formula is C16H17NO11. The molecule has 0 unspecified atom stereocenters. The first-order valence-electron chi connectivity index (χ1n) is 7.98. The lowest BCUT2D eigenvalue weighted by atomic mass is 10.1. The van der Waals surface area contributed by atoms with E-state index in [1.54, 1.807) is 0 Å². The summed E-state index contributed by atoms with van der Waals surface area (Å²) < 4.78 is 19.7. The van der Waals surface area contributed by atoms with Crippen LogP contribution < -0.4 is 4.74 Å². The maximum absolute atomic E-state index is 11.7. The minimum absolute atomic E-state index is 0.00210. The zero-order chi connectivity index (χ0) is 20.7. The quantitative estimate of drug-likeness (QED) is 0.226. The Hall–Kier alpha value is -3.25. The van der Waals surface area contributed by atoms with Gasteiger partial charge in [0.15, 0.2) is 6.10 Å². The Morgan fingerprint density at radius 3 is 2.43 bits per heavy atom. The van der Waals surface area contributed by atoms with E-state index in [4.69, 9.17) is 19.1 Å². The number of carbonyl (C=O) groups excluding carboxylic acids is 3. The van der Waals surface area contributed by atoms with Gasteiger partial charge >= 0.3 is 18.1 Å². The third-order valence-corrected chi connectivity index (χ3v) is 3.52. The van der Waals surface area contributed by atoms with Gasteiger partial charge in [-0.1, -0.05) is 0 Å². The lowest BCUT2D eigenvalue weighted by Crippen LogP contribution is -2.43. The van der Waals surface area contributed by atoms with Gasteiger partial charge in [0, 0.05) is 31.9 Å². The Labute approximate surface area is 158 Å². The predicted molar refractivity (Wildman–Crippen MR) is 86.8 cm³/mol. The molecule has 1 aliphatic rings. The van der Waals surface area contributed by atoms with Crippen molar-refractivity contribution in [2.45, 2.75) is 38.3 Å². The molecule has 0 bridgehead atoms. The molecule has 1 saturated heterocycles. The lowest BCUT2D eigenvalue weighted by molar-refractivity contribution is -0.384. The van der Waals surface area contributed by atoms with Gasteiger partial charge in [-0.25, -0.2) is 9.59 Å². The first-order valence-corrected chi connectivity index (χ1v) is 7.98. The van der Waals surface area contributed by atoms with Gasteiger partial charge in [-0.15, -0.1) is 4.89 Å². The number of esters is 2. The van der Waals surface area contributed by atoms with Crippen LogP contribution in [-0.2, 0) is 33.6 Å². The average molecular weight is 399 g/mol. The summed E-state index contributed by atoms with van der Waals surface area (Å²) in [6, 6.07) is 4.66. The number of hydrogen-bond donors (Lipinski definition) is 0. The largest absolute Gasteiger partial charge is 0.546 e. The van der Waals surface area contributed by atoms with E-state index in [-0.39, 0.29) is 24.3 Å². The summed E-state index contributed by atoms with van der Waals surface area (Å²) >= 11 is 0. The molecule has 1 heterocycles. The molecule has 28 heavy (non-hydrogen) atoms. The highest BCUT2D eigenvalue weighted by molar-refractivity contribution is 5.74. The molecule has 1 aliphatic heterocycles. The van der Waals surface area contributed by atoms with Crippen LogP contribution in [0.2, 0.25) is 0 Å². The first-order chi connectivity index (χ1) is 13.3. The molecular weight excluding hydrogens is 382 g/mol. The van der Waals surface area contributed by atoms with Crippen molar-refractivity contribution >= 4 is 23.8 Å². The van der Waals surface area contributed by atoms with Gasteiger partial charge in [0.1, 0.15) is 11.9 Å². The molecule has 0 saturated carbocycles. The summed E-state index contributed by atoms with van der Waals surface area (Å²) in [7, 11) is 1.16. The Balaban J connectivity index is 1.89. The normalized spacial score (nSPS) is 21.3. The van der Waals surface area contributed by atoms with Gasteiger partial charge in [0.05, 0.1) is 12.0 Å². The van der Waals surface area contributed by atoms with Crippen LogP contribution in [0.5, 0.6) is 5.75 Å². The molecule has 0 radical (unpaired) electrons. The molecule has 12 nitrogen and oxygen atoms in total. The molecule has 1 aromatic carbocycles. The topological polar surface area (TPSA) is 150 Å². The fourth-order valence-corrected chi connectivity index (χ4v) is 2.36. The van der Waals surface area contributed by atoms with Crippen molar-refractivity contribution in [3.05, 3.63) is 34.4 Å². The monoisotopic (exact) mass is 399 g/mol. The van der Waals surface area contributed by atoms with Crippen molar-refractivity contribution in [1.29, 1.82) is 0 Å². The van der Waals surface area contributed by atoms with E-state index in [1.807, 2.05) is 0 Å². The summed E-state index contributed by atoms with van der Waals surface area (Å²) in [5, 5.41) is 10.6. The number of benzene rings is 1. The highest BCUT2D eigenvalue weighted by atomic mass is 17.3. The maximum atomic E-state index is 11.7. The van der Waals surface area contributed by atoms with Crippen LogP contribution >= 0.6 is 0 Å². The number of hydrogen-bond acceptors (Lipinski definition) is 11. The van der Waals surface area contributed by atoms with E-state index in [9.17, 15) is 24.5 Å². The number of methoxy groups -OCH3 is 1. The number of carbonyl (C=O) groups is 3. The van der Waals surface area contributed by atoms with Crippen LogP contribution in [0.3, 0.4) is 0 Å². The number of nitro benzene ring substituents is 1. The van der Waals surface area contributed by atoms with Crippen LogP contribution in [0.15, 0.2) is 24.3 Å². The van der Waals surface area contributed by atoms with E-state index in [0.29, 0.717) is 0 Å². The predicted octanol–water partition coefficient (Wildman–Crippen LogP) is 1.65. The van der Waals surface area contributed by atoms with E-state index in [0.717, 1.165) is 19.2 Å². The third kappa shape index (κ3) is 6.17. The SMILES string of the molecule is COC(=O)[C@@H]1C[C@H](OC(C)=O)C[C@H](OOC(=O)Oc2ccc([N+](=O)[O-])cc2)O1. The van der Waals surface area contributed by atoms with Crippen LogP contribution in [0.4, 0.5) is 10.5 Å².